The molecule has 1 saturated heterocycles. The van der Waals surface area contributed by atoms with Gasteiger partial charge in [-0.2, -0.15) is 0 Å². The van der Waals surface area contributed by atoms with Crippen LogP contribution in [0.4, 0.5) is 17.1 Å². The van der Waals surface area contributed by atoms with E-state index in [1.807, 2.05) is 0 Å². The second-order valence-electron chi connectivity index (χ2n) is 4.84. The molecule has 1 aromatic rings. The van der Waals surface area contributed by atoms with E-state index in [1.165, 1.54) is 6.07 Å². The average molecular weight is 250 g/mol. The summed E-state index contributed by atoms with van der Waals surface area (Å²) in [5.41, 5.74) is 12.5. The zero-order valence-corrected chi connectivity index (χ0v) is 10.4. The van der Waals surface area contributed by atoms with Gasteiger partial charge in [-0.3, -0.25) is 10.1 Å². The van der Waals surface area contributed by atoms with Crippen molar-refractivity contribution in [2.75, 3.05) is 23.7 Å². The largest absolute Gasteiger partial charge is 0.393 e. The van der Waals surface area contributed by atoms with Crippen LogP contribution in [0.2, 0.25) is 0 Å². The summed E-state index contributed by atoms with van der Waals surface area (Å²) in [4.78, 5) is 12.5. The van der Waals surface area contributed by atoms with E-state index in [-0.39, 0.29) is 11.4 Å². The summed E-state index contributed by atoms with van der Waals surface area (Å²) in [5, 5.41) is 10.7. The van der Waals surface area contributed by atoms with E-state index in [0.717, 1.165) is 18.7 Å². The maximum atomic E-state index is 10.7. The van der Waals surface area contributed by atoms with Crippen LogP contribution in [0.25, 0.3) is 0 Å². The van der Waals surface area contributed by atoms with Gasteiger partial charge in [0.25, 0.3) is 5.69 Å². The fourth-order valence-corrected chi connectivity index (χ4v) is 2.56. The highest BCUT2D eigenvalue weighted by atomic mass is 16.6. The SMILES string of the molecule is CC1CC(CN)CN1c1ccc([N+](=O)[O-])c(N)c1. The van der Waals surface area contributed by atoms with E-state index < -0.39 is 4.92 Å². The van der Waals surface area contributed by atoms with E-state index in [0.29, 0.717) is 18.5 Å². The Morgan fingerprint density at radius 3 is 2.78 bits per heavy atom. The molecule has 2 unspecified atom stereocenters. The Bertz CT molecular complexity index is 463. The summed E-state index contributed by atoms with van der Waals surface area (Å²) in [6.07, 6.45) is 1.05. The fraction of sp³-hybridized carbons (Fsp3) is 0.500. The molecular weight excluding hydrogens is 232 g/mol. The molecule has 98 valence electrons. The number of rotatable bonds is 3. The number of benzene rings is 1. The molecule has 0 bridgehead atoms. The summed E-state index contributed by atoms with van der Waals surface area (Å²) in [5.74, 6) is 0.483. The van der Waals surface area contributed by atoms with Crippen LogP contribution < -0.4 is 16.4 Å². The number of nitro benzene ring substituents is 1. The van der Waals surface area contributed by atoms with E-state index in [4.69, 9.17) is 11.5 Å². The topological polar surface area (TPSA) is 98.4 Å². The van der Waals surface area contributed by atoms with Crippen LogP contribution >= 0.6 is 0 Å². The highest BCUT2D eigenvalue weighted by molar-refractivity contribution is 5.67. The summed E-state index contributed by atoms with van der Waals surface area (Å²) in [6.45, 7) is 3.69. The summed E-state index contributed by atoms with van der Waals surface area (Å²) in [6, 6.07) is 5.28. The van der Waals surface area contributed by atoms with Gasteiger partial charge in [0.05, 0.1) is 4.92 Å². The van der Waals surface area contributed by atoms with Gasteiger partial charge in [-0.05, 0) is 37.9 Å². The number of anilines is 2. The van der Waals surface area contributed by atoms with Crippen LogP contribution in [0.3, 0.4) is 0 Å². The van der Waals surface area contributed by atoms with Crippen molar-refractivity contribution in [3.05, 3.63) is 28.3 Å². The molecular formula is C12H18N4O2. The Hall–Kier alpha value is -1.82. The molecule has 2 rings (SSSR count). The van der Waals surface area contributed by atoms with E-state index in [9.17, 15) is 10.1 Å². The van der Waals surface area contributed by atoms with Crippen molar-refractivity contribution in [1.82, 2.24) is 0 Å². The molecule has 0 radical (unpaired) electrons. The molecule has 6 heteroatoms. The lowest BCUT2D eigenvalue weighted by atomic mass is 10.1. The highest BCUT2D eigenvalue weighted by Crippen LogP contribution is 2.32. The van der Waals surface area contributed by atoms with Crippen molar-refractivity contribution in [2.24, 2.45) is 11.7 Å². The van der Waals surface area contributed by atoms with Crippen molar-refractivity contribution in [3.8, 4) is 0 Å². The second-order valence-corrected chi connectivity index (χ2v) is 4.84. The van der Waals surface area contributed by atoms with Crippen LogP contribution in [0.5, 0.6) is 0 Å². The third-order valence-corrected chi connectivity index (χ3v) is 3.53. The monoisotopic (exact) mass is 250 g/mol. The van der Waals surface area contributed by atoms with Gasteiger partial charge in [0.15, 0.2) is 0 Å². The number of nitro groups is 1. The molecule has 2 atom stereocenters. The Morgan fingerprint density at radius 2 is 2.28 bits per heavy atom. The molecule has 0 saturated carbocycles. The minimum atomic E-state index is -0.463. The molecule has 1 aromatic carbocycles. The van der Waals surface area contributed by atoms with Gasteiger partial charge in [0.2, 0.25) is 0 Å². The molecule has 0 amide bonds. The Balaban J connectivity index is 2.24. The summed E-state index contributed by atoms with van der Waals surface area (Å²) < 4.78 is 0. The third kappa shape index (κ3) is 2.24. The van der Waals surface area contributed by atoms with Crippen LogP contribution in [0.15, 0.2) is 18.2 Å². The van der Waals surface area contributed by atoms with Crippen molar-refractivity contribution < 1.29 is 4.92 Å². The maximum Gasteiger partial charge on any atom is 0.292 e. The minimum absolute atomic E-state index is 0.0408. The Labute approximate surface area is 106 Å². The Kier molecular flexibility index (Phi) is 3.38. The van der Waals surface area contributed by atoms with Gasteiger partial charge in [0.1, 0.15) is 5.69 Å². The number of hydrogen-bond acceptors (Lipinski definition) is 5. The number of nitrogen functional groups attached to an aromatic ring is 1. The first-order chi connectivity index (χ1) is 8.52. The first kappa shape index (κ1) is 12.6. The number of nitrogens with zero attached hydrogens (tertiary/aromatic N) is 2. The third-order valence-electron chi connectivity index (χ3n) is 3.53. The molecule has 1 heterocycles. The van der Waals surface area contributed by atoms with Crippen molar-refractivity contribution in [3.63, 3.8) is 0 Å². The van der Waals surface area contributed by atoms with Crippen LogP contribution in [0.1, 0.15) is 13.3 Å². The number of hydrogen-bond donors (Lipinski definition) is 2. The molecule has 0 aliphatic carbocycles. The van der Waals surface area contributed by atoms with Gasteiger partial charge >= 0.3 is 0 Å². The fourth-order valence-electron chi connectivity index (χ4n) is 2.56. The minimum Gasteiger partial charge on any atom is -0.393 e. The van der Waals surface area contributed by atoms with Crippen molar-refractivity contribution >= 4 is 17.1 Å². The molecule has 0 aromatic heterocycles. The average Bonchev–Trinajstić information content (AvgIpc) is 2.70. The van der Waals surface area contributed by atoms with E-state index >= 15 is 0 Å². The van der Waals surface area contributed by atoms with Gasteiger partial charge in [0, 0.05) is 24.3 Å². The van der Waals surface area contributed by atoms with Crippen LogP contribution in [-0.2, 0) is 0 Å². The molecule has 1 aliphatic heterocycles. The van der Waals surface area contributed by atoms with Gasteiger partial charge in [-0.15, -0.1) is 0 Å². The normalized spacial score (nSPS) is 23.3. The van der Waals surface area contributed by atoms with E-state index in [1.54, 1.807) is 12.1 Å². The zero-order chi connectivity index (χ0) is 13.3. The quantitative estimate of drug-likeness (QED) is 0.479. The highest BCUT2D eigenvalue weighted by Gasteiger charge is 2.28. The second kappa shape index (κ2) is 4.81. The number of nitrogens with two attached hydrogens (primary N) is 2. The van der Waals surface area contributed by atoms with Crippen LogP contribution in [-0.4, -0.2) is 24.1 Å². The van der Waals surface area contributed by atoms with Crippen molar-refractivity contribution in [2.45, 2.75) is 19.4 Å². The lowest BCUT2D eigenvalue weighted by molar-refractivity contribution is -0.383. The molecule has 1 aliphatic rings. The van der Waals surface area contributed by atoms with Crippen LogP contribution in [0, 0.1) is 16.0 Å². The smallest absolute Gasteiger partial charge is 0.292 e. The van der Waals surface area contributed by atoms with E-state index in [2.05, 4.69) is 11.8 Å². The lowest BCUT2D eigenvalue weighted by Crippen LogP contribution is -2.27. The Morgan fingerprint density at radius 1 is 1.56 bits per heavy atom. The maximum absolute atomic E-state index is 10.7. The van der Waals surface area contributed by atoms with Gasteiger partial charge < -0.3 is 16.4 Å². The molecule has 0 spiro atoms. The predicted octanol–water partition coefficient (Wildman–Crippen LogP) is 1.35. The molecule has 18 heavy (non-hydrogen) atoms. The van der Waals surface area contributed by atoms with Crippen molar-refractivity contribution in [1.29, 1.82) is 0 Å². The molecule has 6 nitrogen and oxygen atoms in total. The first-order valence-electron chi connectivity index (χ1n) is 6.03. The molecule has 1 fully saturated rings. The predicted molar refractivity (Wildman–Crippen MR) is 71.5 cm³/mol. The molecule has 4 N–H and O–H groups in total. The lowest BCUT2D eigenvalue weighted by Gasteiger charge is -2.24. The zero-order valence-electron chi connectivity index (χ0n) is 10.4. The summed E-state index contributed by atoms with van der Waals surface area (Å²) in [7, 11) is 0. The van der Waals surface area contributed by atoms with Gasteiger partial charge in [-0.1, -0.05) is 0 Å². The summed E-state index contributed by atoms with van der Waals surface area (Å²) >= 11 is 0. The first-order valence-corrected chi connectivity index (χ1v) is 6.03. The standard InChI is InChI=1S/C12H18N4O2/c1-8-4-9(6-13)7-15(8)10-2-3-12(16(17)18)11(14)5-10/h2-3,5,8-9H,4,6-7,13-14H2,1H3. The van der Waals surface area contributed by atoms with Gasteiger partial charge in [-0.25, -0.2) is 0 Å².